The third-order valence-corrected chi connectivity index (χ3v) is 2.30. The summed E-state index contributed by atoms with van der Waals surface area (Å²) < 4.78 is 0. The smallest absolute Gasteiger partial charge is 0.356 e. The standard InChI is InChI=1S/C11H11N3O3/c15-10(16)9(8-4-2-1-3-5-8)13-14-7-6-12-11(14)17/h1-5H,6-7H2,(H,12,17)(H,15,16). The Balaban J connectivity index is 2.33. The fraction of sp³-hybridized carbons (Fsp3) is 0.182. The molecule has 0 unspecified atom stereocenters. The second kappa shape index (κ2) is 4.65. The molecule has 2 N–H and O–H groups in total. The van der Waals surface area contributed by atoms with Crippen LogP contribution < -0.4 is 5.32 Å². The summed E-state index contributed by atoms with van der Waals surface area (Å²) in [5.74, 6) is -1.16. The van der Waals surface area contributed by atoms with Crippen LogP contribution in [0.25, 0.3) is 0 Å². The van der Waals surface area contributed by atoms with Gasteiger partial charge in [-0.15, -0.1) is 0 Å². The lowest BCUT2D eigenvalue weighted by Crippen LogP contribution is -2.27. The Hall–Kier alpha value is -2.37. The summed E-state index contributed by atoms with van der Waals surface area (Å²) in [6.07, 6.45) is 0. The average Bonchev–Trinajstić information content (AvgIpc) is 2.72. The van der Waals surface area contributed by atoms with E-state index in [2.05, 4.69) is 10.4 Å². The first-order valence-corrected chi connectivity index (χ1v) is 5.11. The van der Waals surface area contributed by atoms with Crippen LogP contribution in [0, 0.1) is 0 Å². The maximum absolute atomic E-state index is 11.3. The van der Waals surface area contributed by atoms with Crippen molar-refractivity contribution in [3.8, 4) is 0 Å². The third kappa shape index (κ3) is 2.41. The number of nitrogens with one attached hydrogen (secondary N) is 1. The monoisotopic (exact) mass is 233 g/mol. The van der Waals surface area contributed by atoms with Crippen LogP contribution in [0.3, 0.4) is 0 Å². The summed E-state index contributed by atoms with van der Waals surface area (Å²) in [5.41, 5.74) is 0.336. The van der Waals surface area contributed by atoms with Gasteiger partial charge in [0.15, 0.2) is 5.71 Å². The molecule has 0 aliphatic carbocycles. The van der Waals surface area contributed by atoms with Crippen LogP contribution in [-0.4, -0.2) is 40.9 Å². The van der Waals surface area contributed by atoms with E-state index in [-0.39, 0.29) is 11.7 Å². The van der Waals surface area contributed by atoms with E-state index in [0.29, 0.717) is 18.7 Å². The number of rotatable bonds is 3. The number of amides is 2. The van der Waals surface area contributed by atoms with Crippen LogP contribution in [0.2, 0.25) is 0 Å². The summed E-state index contributed by atoms with van der Waals surface area (Å²) in [6.45, 7) is 0.854. The number of benzene rings is 1. The maximum atomic E-state index is 11.3. The van der Waals surface area contributed by atoms with Gasteiger partial charge in [0.2, 0.25) is 0 Å². The fourth-order valence-electron chi connectivity index (χ4n) is 1.50. The predicted molar refractivity (Wildman–Crippen MR) is 60.7 cm³/mol. The van der Waals surface area contributed by atoms with Crippen molar-refractivity contribution in [1.82, 2.24) is 10.3 Å². The van der Waals surface area contributed by atoms with Crippen LogP contribution in [0.1, 0.15) is 5.56 Å². The topological polar surface area (TPSA) is 82.0 Å². The Morgan fingerprint density at radius 3 is 2.59 bits per heavy atom. The molecule has 1 aliphatic rings. The molecule has 88 valence electrons. The fourth-order valence-corrected chi connectivity index (χ4v) is 1.50. The minimum Gasteiger partial charge on any atom is -0.476 e. The van der Waals surface area contributed by atoms with Gasteiger partial charge in [-0.1, -0.05) is 30.3 Å². The SMILES string of the molecule is O=C(O)C(=NN1CCNC1=O)c1ccccc1. The first-order chi connectivity index (χ1) is 8.18. The second-order valence-electron chi connectivity index (χ2n) is 3.47. The van der Waals surface area contributed by atoms with Gasteiger partial charge >= 0.3 is 12.0 Å². The minimum atomic E-state index is -1.16. The van der Waals surface area contributed by atoms with E-state index in [9.17, 15) is 9.59 Å². The highest BCUT2D eigenvalue weighted by Crippen LogP contribution is 2.05. The Labute approximate surface area is 97.5 Å². The quantitative estimate of drug-likeness (QED) is 0.746. The van der Waals surface area contributed by atoms with E-state index < -0.39 is 5.97 Å². The maximum Gasteiger partial charge on any atom is 0.356 e. The molecule has 1 fully saturated rings. The molecule has 1 aromatic rings. The predicted octanol–water partition coefficient (Wildman–Crippen LogP) is 0.500. The zero-order valence-corrected chi connectivity index (χ0v) is 8.96. The minimum absolute atomic E-state index is 0.136. The van der Waals surface area contributed by atoms with E-state index in [4.69, 9.17) is 5.11 Å². The van der Waals surface area contributed by atoms with Gasteiger partial charge in [0, 0.05) is 12.1 Å². The van der Waals surface area contributed by atoms with Gasteiger partial charge in [-0.2, -0.15) is 5.10 Å². The lowest BCUT2D eigenvalue weighted by molar-refractivity contribution is -0.129. The highest BCUT2D eigenvalue weighted by Gasteiger charge is 2.22. The molecule has 0 atom stereocenters. The molecule has 0 bridgehead atoms. The molecule has 0 spiro atoms. The van der Waals surface area contributed by atoms with Crippen molar-refractivity contribution in [3.63, 3.8) is 0 Å². The molecule has 17 heavy (non-hydrogen) atoms. The largest absolute Gasteiger partial charge is 0.476 e. The number of carbonyl (C=O) groups excluding carboxylic acids is 1. The van der Waals surface area contributed by atoms with E-state index in [0.717, 1.165) is 5.01 Å². The molecule has 0 saturated carbocycles. The third-order valence-electron chi connectivity index (χ3n) is 2.30. The van der Waals surface area contributed by atoms with Crippen molar-refractivity contribution < 1.29 is 14.7 Å². The van der Waals surface area contributed by atoms with Gasteiger partial charge in [-0.05, 0) is 0 Å². The number of aliphatic carboxylic acids is 1. The molecular weight excluding hydrogens is 222 g/mol. The number of hydrazone groups is 1. The van der Waals surface area contributed by atoms with Crippen LogP contribution in [0.15, 0.2) is 35.4 Å². The summed E-state index contributed by atoms with van der Waals surface area (Å²) in [7, 11) is 0. The Morgan fingerprint density at radius 2 is 2.06 bits per heavy atom. The molecule has 1 saturated heterocycles. The van der Waals surface area contributed by atoms with E-state index >= 15 is 0 Å². The second-order valence-corrected chi connectivity index (χ2v) is 3.47. The van der Waals surface area contributed by atoms with Crippen LogP contribution in [-0.2, 0) is 4.79 Å². The molecule has 2 amide bonds. The molecule has 6 nitrogen and oxygen atoms in total. The van der Waals surface area contributed by atoms with Gasteiger partial charge in [-0.3, -0.25) is 0 Å². The van der Waals surface area contributed by atoms with Crippen molar-refractivity contribution in [2.75, 3.05) is 13.1 Å². The van der Waals surface area contributed by atoms with Gasteiger partial charge < -0.3 is 10.4 Å². The summed E-state index contributed by atoms with van der Waals surface area (Å²) in [4.78, 5) is 22.4. The highest BCUT2D eigenvalue weighted by atomic mass is 16.4. The van der Waals surface area contributed by atoms with Gasteiger partial charge in [-0.25, -0.2) is 14.6 Å². The number of carboxylic acids is 1. The number of hydrogen-bond donors (Lipinski definition) is 2. The lowest BCUT2D eigenvalue weighted by Gasteiger charge is -2.09. The van der Waals surface area contributed by atoms with Crippen LogP contribution in [0.4, 0.5) is 4.79 Å². The Kier molecular flexibility index (Phi) is 3.04. The molecule has 0 radical (unpaired) electrons. The Bertz CT molecular complexity index is 470. The zero-order valence-electron chi connectivity index (χ0n) is 8.96. The average molecular weight is 233 g/mol. The lowest BCUT2D eigenvalue weighted by atomic mass is 10.1. The van der Waals surface area contributed by atoms with Crippen molar-refractivity contribution in [3.05, 3.63) is 35.9 Å². The molecular formula is C11H11N3O3. The van der Waals surface area contributed by atoms with Crippen molar-refractivity contribution >= 4 is 17.7 Å². The molecule has 1 aliphatic heterocycles. The summed E-state index contributed by atoms with van der Waals surface area (Å²) in [6, 6.07) is 8.13. The van der Waals surface area contributed by atoms with E-state index in [1.807, 2.05) is 0 Å². The van der Waals surface area contributed by atoms with Crippen LogP contribution in [0.5, 0.6) is 0 Å². The first kappa shape index (κ1) is 11.1. The van der Waals surface area contributed by atoms with E-state index in [1.165, 1.54) is 0 Å². The number of carboxylic acid groups (broad SMARTS) is 1. The summed E-state index contributed by atoms with van der Waals surface area (Å²) >= 11 is 0. The molecule has 1 heterocycles. The zero-order chi connectivity index (χ0) is 12.3. The van der Waals surface area contributed by atoms with Crippen molar-refractivity contribution in [2.24, 2.45) is 5.10 Å². The molecule has 2 rings (SSSR count). The Morgan fingerprint density at radius 1 is 1.35 bits per heavy atom. The summed E-state index contributed by atoms with van der Waals surface area (Å²) in [5, 5.41) is 16.6. The van der Waals surface area contributed by atoms with Gasteiger partial charge in [0.1, 0.15) is 0 Å². The number of hydrogen-bond acceptors (Lipinski definition) is 3. The van der Waals surface area contributed by atoms with Gasteiger partial charge in [0.25, 0.3) is 0 Å². The van der Waals surface area contributed by atoms with Gasteiger partial charge in [0.05, 0.1) is 6.54 Å². The van der Waals surface area contributed by atoms with Crippen LogP contribution >= 0.6 is 0 Å². The molecule has 1 aromatic carbocycles. The number of nitrogens with zero attached hydrogens (tertiary/aromatic N) is 2. The molecule has 6 heteroatoms. The number of urea groups is 1. The first-order valence-electron chi connectivity index (χ1n) is 5.11. The van der Waals surface area contributed by atoms with Crippen molar-refractivity contribution in [1.29, 1.82) is 0 Å². The normalized spacial score (nSPS) is 15.9. The molecule has 0 aromatic heterocycles. The van der Waals surface area contributed by atoms with Crippen molar-refractivity contribution in [2.45, 2.75) is 0 Å². The number of carbonyl (C=O) groups is 2. The van der Waals surface area contributed by atoms with E-state index in [1.54, 1.807) is 30.3 Å². The highest BCUT2D eigenvalue weighted by molar-refractivity contribution is 6.42.